The van der Waals surface area contributed by atoms with Crippen molar-refractivity contribution in [2.45, 2.75) is 43.5 Å². The smallest absolute Gasteiger partial charge is 0.266 e. The van der Waals surface area contributed by atoms with E-state index in [1.807, 2.05) is 13.0 Å². The molecule has 0 bridgehead atoms. The van der Waals surface area contributed by atoms with Gasteiger partial charge in [-0.1, -0.05) is 18.9 Å². The first kappa shape index (κ1) is 15.9. The number of nitrogens with one attached hydrogen (secondary N) is 1. The van der Waals surface area contributed by atoms with Crippen molar-refractivity contribution in [3.05, 3.63) is 36.0 Å². The zero-order valence-corrected chi connectivity index (χ0v) is 14.1. The molecule has 1 fully saturated rings. The molecule has 0 radical (unpaired) electrons. The highest BCUT2D eigenvalue weighted by molar-refractivity contribution is 7.92. The molecule has 1 aromatic carbocycles. The number of aryl methyl sites for hydroxylation is 1. The van der Waals surface area contributed by atoms with Crippen molar-refractivity contribution < 1.29 is 13.2 Å². The summed E-state index contributed by atoms with van der Waals surface area (Å²) in [5, 5.41) is 4.29. The molecule has 1 N–H and O–H groups in total. The van der Waals surface area contributed by atoms with Gasteiger partial charge in [0.1, 0.15) is 16.5 Å². The van der Waals surface area contributed by atoms with Crippen LogP contribution < -0.4 is 9.46 Å². The van der Waals surface area contributed by atoms with Crippen molar-refractivity contribution >= 4 is 15.8 Å². The number of rotatable bonds is 5. The summed E-state index contributed by atoms with van der Waals surface area (Å²) < 4.78 is 35.2. The van der Waals surface area contributed by atoms with Crippen LogP contribution in [0.1, 0.15) is 37.3 Å². The zero-order chi connectivity index (χ0) is 16.4. The molecular formula is C16H21N3O3S. The van der Waals surface area contributed by atoms with Gasteiger partial charge in [0.15, 0.2) is 0 Å². The fourth-order valence-corrected chi connectivity index (χ4v) is 4.33. The maximum absolute atomic E-state index is 12.8. The number of hydrogen-bond acceptors (Lipinski definition) is 4. The van der Waals surface area contributed by atoms with Crippen LogP contribution in [-0.4, -0.2) is 25.3 Å². The molecule has 124 valence electrons. The van der Waals surface area contributed by atoms with Gasteiger partial charge in [-0.3, -0.25) is 4.72 Å². The average Bonchev–Trinajstić information content (AvgIpc) is 3.17. The van der Waals surface area contributed by atoms with Gasteiger partial charge in [-0.2, -0.15) is 5.10 Å². The predicted molar refractivity (Wildman–Crippen MR) is 88.3 cm³/mol. The van der Waals surface area contributed by atoms with Gasteiger partial charge in [-0.15, -0.1) is 0 Å². The Morgan fingerprint density at radius 2 is 2.00 bits per heavy atom. The van der Waals surface area contributed by atoms with Crippen molar-refractivity contribution in [2.75, 3.05) is 11.8 Å². The molecule has 6 nitrogen and oxygen atoms in total. The summed E-state index contributed by atoms with van der Waals surface area (Å²) in [6.45, 7) is 1.85. The van der Waals surface area contributed by atoms with Crippen LogP contribution in [-0.2, 0) is 10.0 Å². The lowest BCUT2D eigenvalue weighted by atomic mass is 10.2. The molecule has 0 atom stereocenters. The molecule has 0 spiro atoms. The standard InChI is InChI=1S/C16H21N3O3S/c1-12-7-8-14(22-2)15(11-12)23(20,21)18-16-9-10-17-19(16)13-5-3-4-6-13/h7-11,13,18H,3-6H2,1-2H3. The van der Waals surface area contributed by atoms with E-state index in [0.717, 1.165) is 31.2 Å². The normalized spacial score (nSPS) is 15.7. The lowest BCUT2D eigenvalue weighted by Crippen LogP contribution is -2.19. The molecule has 7 heteroatoms. The molecule has 3 rings (SSSR count). The van der Waals surface area contributed by atoms with Gasteiger partial charge in [0.25, 0.3) is 10.0 Å². The summed E-state index contributed by atoms with van der Waals surface area (Å²) >= 11 is 0. The van der Waals surface area contributed by atoms with Crippen molar-refractivity contribution in [1.82, 2.24) is 9.78 Å². The Kier molecular flexibility index (Phi) is 4.30. The van der Waals surface area contributed by atoms with Crippen LogP contribution in [0.2, 0.25) is 0 Å². The highest BCUT2D eigenvalue weighted by Crippen LogP contribution is 2.32. The van der Waals surface area contributed by atoms with Crippen LogP contribution in [0, 0.1) is 6.92 Å². The Morgan fingerprint density at radius 3 is 2.70 bits per heavy atom. The summed E-state index contributed by atoms with van der Waals surface area (Å²) in [6.07, 6.45) is 6.00. The van der Waals surface area contributed by atoms with Crippen LogP contribution in [0.15, 0.2) is 35.4 Å². The Morgan fingerprint density at radius 1 is 1.26 bits per heavy atom. The molecule has 1 aliphatic carbocycles. The van der Waals surface area contributed by atoms with Gasteiger partial charge in [0, 0.05) is 6.07 Å². The highest BCUT2D eigenvalue weighted by Gasteiger charge is 2.24. The van der Waals surface area contributed by atoms with E-state index >= 15 is 0 Å². The van der Waals surface area contributed by atoms with Gasteiger partial charge < -0.3 is 4.74 Å². The maximum Gasteiger partial charge on any atom is 0.266 e. The van der Waals surface area contributed by atoms with Crippen LogP contribution in [0.4, 0.5) is 5.82 Å². The van der Waals surface area contributed by atoms with Crippen molar-refractivity contribution in [3.63, 3.8) is 0 Å². The van der Waals surface area contributed by atoms with Crippen molar-refractivity contribution in [3.8, 4) is 5.75 Å². The van der Waals surface area contributed by atoms with E-state index in [1.54, 1.807) is 29.1 Å². The molecular weight excluding hydrogens is 314 g/mol. The number of ether oxygens (including phenoxy) is 1. The van der Waals surface area contributed by atoms with Gasteiger partial charge >= 0.3 is 0 Å². The summed E-state index contributed by atoms with van der Waals surface area (Å²) in [5.41, 5.74) is 0.857. The molecule has 1 heterocycles. The number of sulfonamides is 1. The third-order valence-electron chi connectivity index (χ3n) is 4.19. The van der Waals surface area contributed by atoms with Gasteiger partial charge in [0.05, 0.1) is 19.3 Å². The number of anilines is 1. The molecule has 23 heavy (non-hydrogen) atoms. The molecule has 0 aliphatic heterocycles. The Bertz CT molecular complexity index is 793. The summed E-state index contributed by atoms with van der Waals surface area (Å²) in [6, 6.07) is 7.05. The van der Waals surface area contributed by atoms with Crippen LogP contribution in [0.3, 0.4) is 0 Å². The van der Waals surface area contributed by atoms with E-state index in [2.05, 4.69) is 9.82 Å². The van der Waals surface area contributed by atoms with Gasteiger partial charge in [-0.25, -0.2) is 13.1 Å². The Balaban J connectivity index is 1.93. The summed E-state index contributed by atoms with van der Waals surface area (Å²) in [4.78, 5) is 0.138. The number of aromatic nitrogens is 2. The second-order valence-electron chi connectivity index (χ2n) is 5.86. The summed E-state index contributed by atoms with van der Waals surface area (Å²) in [7, 11) is -2.27. The lowest BCUT2D eigenvalue weighted by Gasteiger charge is -2.16. The minimum absolute atomic E-state index is 0.138. The fourth-order valence-electron chi connectivity index (χ4n) is 3.02. The van der Waals surface area contributed by atoms with E-state index in [4.69, 9.17) is 4.74 Å². The summed E-state index contributed by atoms with van der Waals surface area (Å²) in [5.74, 6) is 0.829. The molecule has 1 aliphatic rings. The number of nitrogens with zero attached hydrogens (tertiary/aromatic N) is 2. The number of hydrogen-bond donors (Lipinski definition) is 1. The van der Waals surface area contributed by atoms with Gasteiger partial charge in [-0.05, 0) is 37.5 Å². The van der Waals surface area contributed by atoms with Crippen molar-refractivity contribution in [2.24, 2.45) is 0 Å². The Labute approximate surface area is 136 Å². The van der Waals surface area contributed by atoms with E-state index in [1.165, 1.54) is 7.11 Å². The second-order valence-corrected chi connectivity index (χ2v) is 7.51. The first-order valence-electron chi connectivity index (χ1n) is 7.72. The minimum Gasteiger partial charge on any atom is -0.495 e. The second kappa shape index (κ2) is 6.23. The zero-order valence-electron chi connectivity index (χ0n) is 13.3. The van der Waals surface area contributed by atoms with Crippen molar-refractivity contribution in [1.29, 1.82) is 0 Å². The largest absolute Gasteiger partial charge is 0.495 e. The lowest BCUT2D eigenvalue weighted by molar-refractivity contribution is 0.402. The Hall–Kier alpha value is -2.02. The first-order valence-corrected chi connectivity index (χ1v) is 9.20. The molecule has 1 aromatic heterocycles. The fraction of sp³-hybridized carbons (Fsp3) is 0.438. The molecule has 0 saturated heterocycles. The number of methoxy groups -OCH3 is 1. The maximum atomic E-state index is 12.8. The minimum atomic E-state index is -3.74. The monoisotopic (exact) mass is 335 g/mol. The van der Waals surface area contributed by atoms with E-state index in [0.29, 0.717) is 11.6 Å². The topological polar surface area (TPSA) is 73.2 Å². The van der Waals surface area contributed by atoms with Crippen LogP contribution in [0.25, 0.3) is 0 Å². The molecule has 0 amide bonds. The SMILES string of the molecule is COc1ccc(C)cc1S(=O)(=O)Nc1ccnn1C1CCCC1. The highest BCUT2D eigenvalue weighted by atomic mass is 32.2. The third-order valence-corrected chi connectivity index (χ3v) is 5.56. The van der Waals surface area contributed by atoms with Crippen LogP contribution >= 0.6 is 0 Å². The van der Waals surface area contributed by atoms with Crippen LogP contribution in [0.5, 0.6) is 5.75 Å². The molecule has 1 saturated carbocycles. The molecule has 2 aromatic rings. The third kappa shape index (κ3) is 3.19. The van der Waals surface area contributed by atoms with E-state index < -0.39 is 10.0 Å². The predicted octanol–water partition coefficient (Wildman–Crippen LogP) is 3.12. The van der Waals surface area contributed by atoms with E-state index in [9.17, 15) is 8.42 Å². The van der Waals surface area contributed by atoms with E-state index in [-0.39, 0.29) is 10.9 Å². The molecule has 0 unspecified atom stereocenters. The quantitative estimate of drug-likeness (QED) is 0.911. The number of benzene rings is 1. The average molecular weight is 335 g/mol. The van der Waals surface area contributed by atoms with Gasteiger partial charge in [0.2, 0.25) is 0 Å². The first-order chi connectivity index (χ1) is 11.0.